The quantitative estimate of drug-likeness (QED) is 0.417. The largest absolute Gasteiger partial charge is 0.326 e. The third-order valence-corrected chi connectivity index (χ3v) is 6.46. The summed E-state index contributed by atoms with van der Waals surface area (Å²) in [7, 11) is 0. The molecule has 3 aromatic rings. The number of carbonyl (C=O) groups is 4. The summed E-state index contributed by atoms with van der Waals surface area (Å²) < 4.78 is 0. The van der Waals surface area contributed by atoms with E-state index in [2.05, 4.69) is 5.32 Å². The first-order valence-electron chi connectivity index (χ1n) is 10.5. The van der Waals surface area contributed by atoms with Crippen LogP contribution in [-0.2, 0) is 20.8 Å². The van der Waals surface area contributed by atoms with Crippen molar-refractivity contribution in [2.45, 2.75) is 29.9 Å². The van der Waals surface area contributed by atoms with Crippen LogP contribution in [0.4, 0.5) is 11.4 Å². The highest BCUT2D eigenvalue weighted by atomic mass is 32.2. The normalized spacial score (nSPS) is 15.5. The maximum atomic E-state index is 12.9. The van der Waals surface area contributed by atoms with Gasteiger partial charge in [0.2, 0.25) is 17.7 Å². The number of nitrogens with one attached hydrogen (secondary N) is 1. The van der Waals surface area contributed by atoms with Crippen molar-refractivity contribution in [2.75, 3.05) is 10.2 Å². The summed E-state index contributed by atoms with van der Waals surface area (Å²) in [5.74, 6) is -0.725. The molecule has 4 rings (SSSR count). The van der Waals surface area contributed by atoms with E-state index in [9.17, 15) is 19.2 Å². The zero-order valence-electron chi connectivity index (χ0n) is 18.0. The minimum atomic E-state index is -0.525. The number of amides is 3. The Kier molecular flexibility index (Phi) is 6.70. The van der Waals surface area contributed by atoms with Gasteiger partial charge in [0.1, 0.15) is 0 Å². The number of hydrogen-bond donors (Lipinski definition) is 1. The van der Waals surface area contributed by atoms with Crippen LogP contribution in [0.25, 0.3) is 0 Å². The molecule has 3 amide bonds. The van der Waals surface area contributed by atoms with Crippen molar-refractivity contribution in [2.24, 2.45) is 0 Å². The molecule has 0 bridgehead atoms. The molecule has 0 radical (unpaired) electrons. The molecule has 6 nitrogen and oxygen atoms in total. The van der Waals surface area contributed by atoms with Crippen LogP contribution in [0.1, 0.15) is 29.3 Å². The van der Waals surface area contributed by atoms with E-state index in [0.717, 1.165) is 10.5 Å². The maximum Gasteiger partial charge on any atom is 0.247 e. The standard InChI is InChI=1S/C26H22N2O4S/c1-17(29)19-7-11-21(12-8-19)28-25(31)16-23(26(28)32)33-22-13-9-20(10-14-22)27-24(30)15-18-5-3-2-4-6-18/h2-14,23H,15-16H2,1H3,(H,27,30). The Labute approximate surface area is 196 Å². The Morgan fingerprint density at radius 3 is 2.24 bits per heavy atom. The van der Waals surface area contributed by atoms with E-state index < -0.39 is 5.25 Å². The number of carbonyl (C=O) groups excluding carboxylic acids is 4. The molecule has 1 atom stereocenters. The van der Waals surface area contributed by atoms with Crippen LogP contribution in [0.3, 0.4) is 0 Å². The molecular weight excluding hydrogens is 436 g/mol. The molecule has 0 saturated carbocycles. The van der Waals surface area contributed by atoms with Gasteiger partial charge in [0.15, 0.2) is 5.78 Å². The van der Waals surface area contributed by atoms with Crippen LogP contribution in [0.2, 0.25) is 0 Å². The van der Waals surface area contributed by atoms with Gasteiger partial charge in [-0.3, -0.25) is 19.2 Å². The van der Waals surface area contributed by atoms with Crippen LogP contribution >= 0.6 is 11.8 Å². The van der Waals surface area contributed by atoms with Crippen molar-refractivity contribution in [3.63, 3.8) is 0 Å². The number of anilines is 2. The van der Waals surface area contributed by atoms with Gasteiger partial charge < -0.3 is 5.32 Å². The van der Waals surface area contributed by atoms with Gasteiger partial charge in [-0.25, -0.2) is 4.90 Å². The fraction of sp³-hybridized carbons (Fsp3) is 0.154. The van der Waals surface area contributed by atoms with Gasteiger partial charge in [0.25, 0.3) is 0 Å². The molecule has 1 saturated heterocycles. The number of imide groups is 1. The van der Waals surface area contributed by atoms with Crippen molar-refractivity contribution in [1.82, 2.24) is 0 Å². The molecule has 3 aromatic carbocycles. The molecule has 1 heterocycles. The Bertz CT molecular complexity index is 1190. The van der Waals surface area contributed by atoms with Gasteiger partial charge in [0.05, 0.1) is 17.4 Å². The zero-order chi connectivity index (χ0) is 23.4. The van der Waals surface area contributed by atoms with Gasteiger partial charge >= 0.3 is 0 Å². The Morgan fingerprint density at radius 2 is 1.61 bits per heavy atom. The highest BCUT2D eigenvalue weighted by Crippen LogP contribution is 2.34. The summed E-state index contributed by atoms with van der Waals surface area (Å²) in [6.07, 6.45) is 0.396. The Morgan fingerprint density at radius 1 is 0.939 bits per heavy atom. The minimum absolute atomic E-state index is 0.0752. The van der Waals surface area contributed by atoms with Crippen LogP contribution in [0, 0.1) is 0 Å². The second-order valence-corrected chi connectivity index (χ2v) is 8.99. The molecule has 0 aliphatic carbocycles. The fourth-order valence-electron chi connectivity index (χ4n) is 3.58. The van der Waals surface area contributed by atoms with Gasteiger partial charge in [-0.05, 0) is 61.0 Å². The van der Waals surface area contributed by atoms with E-state index in [4.69, 9.17) is 0 Å². The predicted octanol–water partition coefficient (Wildman–Crippen LogP) is 4.49. The number of benzene rings is 3. The van der Waals surface area contributed by atoms with E-state index in [-0.39, 0.29) is 29.9 Å². The monoisotopic (exact) mass is 458 g/mol. The van der Waals surface area contributed by atoms with Gasteiger partial charge in [0, 0.05) is 22.6 Å². The van der Waals surface area contributed by atoms with Crippen molar-refractivity contribution in [3.8, 4) is 0 Å². The van der Waals surface area contributed by atoms with Crippen LogP contribution < -0.4 is 10.2 Å². The number of thioether (sulfide) groups is 1. The van der Waals surface area contributed by atoms with Gasteiger partial charge in [-0.2, -0.15) is 0 Å². The average molecular weight is 459 g/mol. The third-order valence-electron chi connectivity index (χ3n) is 5.26. The Hall–Kier alpha value is -3.71. The number of hydrogen-bond acceptors (Lipinski definition) is 5. The lowest BCUT2D eigenvalue weighted by Gasteiger charge is -2.15. The first-order valence-corrected chi connectivity index (χ1v) is 11.4. The lowest BCUT2D eigenvalue weighted by molar-refractivity contribution is -0.121. The Balaban J connectivity index is 1.37. The number of nitrogens with zero attached hydrogens (tertiary/aromatic N) is 1. The zero-order valence-corrected chi connectivity index (χ0v) is 18.8. The number of ketones is 1. The third kappa shape index (κ3) is 5.38. The summed E-state index contributed by atoms with van der Waals surface area (Å²) in [4.78, 5) is 51.1. The topological polar surface area (TPSA) is 83.6 Å². The molecule has 0 spiro atoms. The second kappa shape index (κ2) is 9.83. The van der Waals surface area contributed by atoms with E-state index in [1.54, 1.807) is 36.4 Å². The number of rotatable bonds is 7. The van der Waals surface area contributed by atoms with Crippen LogP contribution in [-0.4, -0.2) is 28.8 Å². The van der Waals surface area contributed by atoms with Gasteiger partial charge in [-0.15, -0.1) is 11.8 Å². The van der Waals surface area contributed by atoms with Crippen LogP contribution in [0.5, 0.6) is 0 Å². The van der Waals surface area contributed by atoms with E-state index >= 15 is 0 Å². The van der Waals surface area contributed by atoms with Gasteiger partial charge in [-0.1, -0.05) is 30.3 Å². The average Bonchev–Trinajstić information content (AvgIpc) is 3.08. The molecule has 1 aliphatic rings. The van der Waals surface area contributed by atoms with Crippen molar-refractivity contribution in [1.29, 1.82) is 0 Å². The molecule has 1 fully saturated rings. The highest BCUT2D eigenvalue weighted by molar-refractivity contribution is 8.00. The predicted molar refractivity (Wildman–Crippen MR) is 128 cm³/mol. The summed E-state index contributed by atoms with van der Waals surface area (Å²) in [6.45, 7) is 1.47. The van der Waals surface area contributed by atoms with E-state index in [0.29, 0.717) is 23.4 Å². The minimum Gasteiger partial charge on any atom is -0.326 e. The summed E-state index contributed by atoms with van der Waals surface area (Å²) >= 11 is 1.32. The highest BCUT2D eigenvalue weighted by Gasteiger charge is 2.40. The lowest BCUT2D eigenvalue weighted by Crippen LogP contribution is -2.31. The summed E-state index contributed by atoms with van der Waals surface area (Å²) in [5, 5.41) is 2.34. The fourth-order valence-corrected chi connectivity index (χ4v) is 4.63. The maximum absolute atomic E-state index is 12.9. The molecule has 33 heavy (non-hydrogen) atoms. The molecule has 1 unspecified atom stereocenters. The SMILES string of the molecule is CC(=O)c1ccc(N2C(=O)CC(Sc3ccc(NC(=O)Cc4ccccc4)cc3)C2=O)cc1. The molecular formula is C26H22N2O4S. The van der Waals surface area contributed by atoms with Crippen molar-refractivity contribution in [3.05, 3.63) is 90.0 Å². The first kappa shape index (κ1) is 22.5. The molecule has 7 heteroatoms. The van der Waals surface area contributed by atoms with Crippen molar-refractivity contribution < 1.29 is 19.2 Å². The van der Waals surface area contributed by atoms with Crippen molar-refractivity contribution >= 4 is 46.6 Å². The summed E-state index contributed by atoms with van der Waals surface area (Å²) in [6, 6.07) is 23.2. The molecule has 0 aromatic heterocycles. The van der Waals surface area contributed by atoms with E-state index in [1.807, 2.05) is 42.5 Å². The first-order chi connectivity index (χ1) is 15.9. The number of Topliss-reactive ketones (excluding diaryl/α,β-unsaturated/α-hetero) is 1. The smallest absolute Gasteiger partial charge is 0.247 e. The lowest BCUT2D eigenvalue weighted by atomic mass is 10.1. The second-order valence-electron chi connectivity index (χ2n) is 7.72. The van der Waals surface area contributed by atoms with E-state index in [1.165, 1.54) is 23.6 Å². The molecule has 1 aliphatic heterocycles. The van der Waals surface area contributed by atoms with Crippen LogP contribution in [0.15, 0.2) is 83.8 Å². The molecule has 1 N–H and O–H groups in total. The molecule has 166 valence electrons. The summed E-state index contributed by atoms with van der Waals surface area (Å²) in [5.41, 5.74) is 2.60.